The summed E-state index contributed by atoms with van der Waals surface area (Å²) in [6.07, 6.45) is 8.52. The van der Waals surface area contributed by atoms with Gasteiger partial charge in [-0.25, -0.2) is 9.97 Å². The summed E-state index contributed by atoms with van der Waals surface area (Å²) in [6.45, 7) is 4.27. The van der Waals surface area contributed by atoms with Gasteiger partial charge in [-0.05, 0) is 12.8 Å². The molecule has 116 valence electrons. The third kappa shape index (κ3) is 3.24. The van der Waals surface area contributed by atoms with Crippen molar-refractivity contribution in [2.24, 2.45) is 0 Å². The van der Waals surface area contributed by atoms with Crippen LogP contribution >= 0.6 is 11.6 Å². The average molecular weight is 310 g/mol. The molecule has 2 heterocycles. The molecule has 0 radical (unpaired) electrons. The summed E-state index contributed by atoms with van der Waals surface area (Å²) in [5.74, 6) is 0.931. The Morgan fingerprint density at radius 3 is 2.48 bits per heavy atom. The number of halogens is 1. The van der Waals surface area contributed by atoms with Crippen LogP contribution in [0, 0.1) is 0 Å². The van der Waals surface area contributed by atoms with E-state index in [1.54, 1.807) is 6.33 Å². The number of hydrogen-bond donors (Lipinski definition) is 1. The van der Waals surface area contributed by atoms with E-state index in [9.17, 15) is 0 Å². The highest BCUT2D eigenvalue weighted by molar-refractivity contribution is 6.32. The van der Waals surface area contributed by atoms with E-state index >= 15 is 0 Å². The molecule has 0 spiro atoms. The van der Waals surface area contributed by atoms with E-state index in [0.717, 1.165) is 43.7 Å². The van der Waals surface area contributed by atoms with Crippen LogP contribution in [0.2, 0.25) is 5.15 Å². The number of aromatic nitrogens is 2. The van der Waals surface area contributed by atoms with Crippen molar-refractivity contribution >= 4 is 23.1 Å². The zero-order valence-electron chi connectivity index (χ0n) is 12.7. The van der Waals surface area contributed by atoms with Crippen molar-refractivity contribution in [3.63, 3.8) is 0 Å². The van der Waals surface area contributed by atoms with E-state index in [4.69, 9.17) is 11.6 Å². The van der Waals surface area contributed by atoms with Gasteiger partial charge in [0.25, 0.3) is 0 Å². The molecular weight excluding hydrogens is 286 g/mol. The van der Waals surface area contributed by atoms with Gasteiger partial charge in [0.2, 0.25) is 0 Å². The summed E-state index contributed by atoms with van der Waals surface area (Å²) in [4.78, 5) is 13.5. The van der Waals surface area contributed by atoms with Gasteiger partial charge in [-0.2, -0.15) is 0 Å². The molecule has 1 aromatic heterocycles. The first-order valence-corrected chi connectivity index (χ1v) is 8.34. The first-order valence-electron chi connectivity index (χ1n) is 7.97. The number of nitrogens with one attached hydrogen (secondary N) is 1. The zero-order chi connectivity index (χ0) is 14.7. The second-order valence-electron chi connectivity index (χ2n) is 5.93. The van der Waals surface area contributed by atoms with Gasteiger partial charge in [0.05, 0.1) is 0 Å². The minimum atomic E-state index is 0.497. The smallest absolute Gasteiger partial charge is 0.157 e. The summed E-state index contributed by atoms with van der Waals surface area (Å²) in [5, 5.41) is 3.62. The Balaban J connectivity index is 1.64. The minimum absolute atomic E-state index is 0.497. The molecule has 3 rings (SSSR count). The lowest BCUT2D eigenvalue weighted by atomic mass is 9.94. The summed E-state index contributed by atoms with van der Waals surface area (Å²) in [5.41, 5.74) is 0.838. The Morgan fingerprint density at radius 2 is 1.81 bits per heavy atom. The van der Waals surface area contributed by atoms with E-state index in [0.29, 0.717) is 5.15 Å². The number of anilines is 2. The monoisotopic (exact) mass is 309 g/mol. The van der Waals surface area contributed by atoms with Crippen LogP contribution in [0.5, 0.6) is 0 Å². The molecule has 0 aromatic carbocycles. The molecule has 5 nitrogen and oxygen atoms in total. The highest BCUT2D eigenvalue weighted by atomic mass is 35.5. The van der Waals surface area contributed by atoms with E-state index < -0.39 is 0 Å². The molecule has 0 amide bonds. The molecule has 6 heteroatoms. The Bertz CT molecular complexity index is 467. The maximum absolute atomic E-state index is 6.15. The topological polar surface area (TPSA) is 44.3 Å². The lowest BCUT2D eigenvalue weighted by molar-refractivity contribution is 0.147. The van der Waals surface area contributed by atoms with Crippen LogP contribution in [-0.2, 0) is 0 Å². The van der Waals surface area contributed by atoms with Gasteiger partial charge >= 0.3 is 0 Å². The first-order chi connectivity index (χ1) is 10.3. The highest BCUT2D eigenvalue weighted by Crippen LogP contribution is 2.30. The summed E-state index contributed by atoms with van der Waals surface area (Å²) < 4.78 is 0. The van der Waals surface area contributed by atoms with Crippen LogP contribution in [-0.4, -0.2) is 54.1 Å². The van der Waals surface area contributed by atoms with Gasteiger partial charge < -0.3 is 10.2 Å². The Labute approximate surface area is 131 Å². The van der Waals surface area contributed by atoms with Crippen molar-refractivity contribution in [2.75, 3.05) is 43.4 Å². The van der Waals surface area contributed by atoms with E-state index in [1.165, 1.54) is 32.1 Å². The fourth-order valence-electron chi connectivity index (χ4n) is 3.56. The normalized spacial score (nSPS) is 21.5. The average Bonchev–Trinajstić information content (AvgIpc) is 2.55. The molecule has 21 heavy (non-hydrogen) atoms. The molecule has 1 saturated carbocycles. The summed E-state index contributed by atoms with van der Waals surface area (Å²) >= 11 is 6.15. The predicted octanol–water partition coefficient (Wildman–Crippen LogP) is 2.63. The fraction of sp³-hybridized carbons (Fsp3) is 0.733. The van der Waals surface area contributed by atoms with Gasteiger partial charge in [0.15, 0.2) is 11.0 Å². The molecule has 2 fully saturated rings. The van der Waals surface area contributed by atoms with Crippen molar-refractivity contribution in [1.29, 1.82) is 0 Å². The molecule has 1 aliphatic heterocycles. The molecular formula is C15H24ClN5. The first kappa shape index (κ1) is 14.9. The van der Waals surface area contributed by atoms with Gasteiger partial charge in [-0.15, -0.1) is 0 Å². The number of piperazine rings is 1. The number of nitrogens with zero attached hydrogens (tertiary/aromatic N) is 4. The maximum Gasteiger partial charge on any atom is 0.157 e. The van der Waals surface area contributed by atoms with Crippen LogP contribution in [0.25, 0.3) is 0 Å². The van der Waals surface area contributed by atoms with Crippen molar-refractivity contribution < 1.29 is 0 Å². The lowest BCUT2D eigenvalue weighted by Gasteiger charge is -2.41. The molecule has 0 atom stereocenters. The van der Waals surface area contributed by atoms with Crippen LogP contribution in [0.4, 0.5) is 11.5 Å². The molecule has 1 saturated heterocycles. The second-order valence-corrected chi connectivity index (χ2v) is 6.29. The van der Waals surface area contributed by atoms with Crippen LogP contribution < -0.4 is 10.2 Å². The van der Waals surface area contributed by atoms with E-state index in [2.05, 4.69) is 25.1 Å². The molecule has 1 aliphatic carbocycles. The Kier molecular flexibility index (Phi) is 4.80. The standard InChI is InChI=1S/C15H24ClN5/c1-17-13-14(16)18-11-19-15(13)21-9-7-20(8-10-21)12-5-3-2-4-6-12/h11-12,17H,2-10H2,1H3. The molecule has 1 aromatic rings. The predicted molar refractivity (Wildman–Crippen MR) is 87.2 cm³/mol. The molecule has 0 unspecified atom stereocenters. The van der Waals surface area contributed by atoms with Crippen molar-refractivity contribution in [3.8, 4) is 0 Å². The fourth-order valence-corrected chi connectivity index (χ4v) is 3.78. The summed E-state index contributed by atoms with van der Waals surface area (Å²) in [6, 6.07) is 0.804. The Morgan fingerprint density at radius 1 is 1.10 bits per heavy atom. The van der Waals surface area contributed by atoms with Gasteiger partial charge in [-0.1, -0.05) is 30.9 Å². The van der Waals surface area contributed by atoms with Crippen molar-refractivity contribution in [3.05, 3.63) is 11.5 Å². The third-order valence-electron chi connectivity index (χ3n) is 4.74. The van der Waals surface area contributed by atoms with Crippen LogP contribution in [0.3, 0.4) is 0 Å². The number of rotatable bonds is 3. The number of hydrogen-bond acceptors (Lipinski definition) is 5. The Hall–Kier alpha value is -1.07. The summed E-state index contributed by atoms with van der Waals surface area (Å²) in [7, 11) is 1.87. The van der Waals surface area contributed by atoms with Crippen LogP contribution in [0.15, 0.2) is 6.33 Å². The quantitative estimate of drug-likeness (QED) is 0.870. The van der Waals surface area contributed by atoms with E-state index in [1.807, 2.05) is 7.05 Å². The van der Waals surface area contributed by atoms with E-state index in [-0.39, 0.29) is 0 Å². The van der Waals surface area contributed by atoms with Gasteiger partial charge in [-0.3, -0.25) is 4.90 Å². The third-order valence-corrected chi connectivity index (χ3v) is 5.02. The molecule has 1 N–H and O–H groups in total. The maximum atomic E-state index is 6.15. The van der Waals surface area contributed by atoms with Gasteiger partial charge in [0, 0.05) is 39.3 Å². The van der Waals surface area contributed by atoms with Crippen molar-refractivity contribution in [2.45, 2.75) is 38.1 Å². The zero-order valence-corrected chi connectivity index (χ0v) is 13.4. The van der Waals surface area contributed by atoms with Gasteiger partial charge in [0.1, 0.15) is 12.0 Å². The lowest BCUT2D eigenvalue weighted by Crippen LogP contribution is -2.51. The second kappa shape index (κ2) is 6.79. The van der Waals surface area contributed by atoms with Crippen molar-refractivity contribution in [1.82, 2.24) is 14.9 Å². The highest BCUT2D eigenvalue weighted by Gasteiger charge is 2.26. The molecule has 2 aliphatic rings. The van der Waals surface area contributed by atoms with Crippen LogP contribution in [0.1, 0.15) is 32.1 Å². The SMILES string of the molecule is CNc1c(Cl)ncnc1N1CCN(C2CCCCC2)CC1. The minimum Gasteiger partial charge on any atom is -0.383 e. The largest absolute Gasteiger partial charge is 0.383 e. The molecule has 0 bridgehead atoms.